The third-order valence-electron chi connectivity index (χ3n) is 5.58. The monoisotopic (exact) mass is 397 g/mol. The molecule has 2 heterocycles. The Bertz CT molecular complexity index is 1170. The molecule has 4 aromatic rings. The van der Waals surface area contributed by atoms with E-state index in [9.17, 15) is 4.79 Å². The van der Waals surface area contributed by atoms with Crippen LogP contribution in [0.1, 0.15) is 39.3 Å². The van der Waals surface area contributed by atoms with Gasteiger partial charge in [0.25, 0.3) is 5.91 Å². The average molecular weight is 397 g/mol. The molecule has 30 heavy (non-hydrogen) atoms. The Morgan fingerprint density at radius 3 is 2.53 bits per heavy atom. The maximum absolute atomic E-state index is 12.9. The van der Waals surface area contributed by atoms with Crippen molar-refractivity contribution >= 4 is 5.91 Å². The van der Waals surface area contributed by atoms with Crippen LogP contribution in [-0.2, 0) is 19.4 Å². The zero-order chi connectivity index (χ0) is 20.5. The summed E-state index contributed by atoms with van der Waals surface area (Å²) in [6.07, 6.45) is 6.58. The summed E-state index contributed by atoms with van der Waals surface area (Å²) in [7, 11) is 0. The fraction of sp³-hybridized carbons (Fsp3) is 0.208. The Morgan fingerprint density at radius 1 is 1.03 bits per heavy atom. The second-order valence-corrected chi connectivity index (χ2v) is 7.67. The predicted molar refractivity (Wildman–Crippen MR) is 115 cm³/mol. The van der Waals surface area contributed by atoms with Gasteiger partial charge in [0, 0.05) is 30.2 Å². The fourth-order valence-corrected chi connectivity index (χ4v) is 3.97. The smallest absolute Gasteiger partial charge is 0.272 e. The Kier molecular flexibility index (Phi) is 4.67. The summed E-state index contributed by atoms with van der Waals surface area (Å²) < 4.78 is 3.75. The molecule has 6 nitrogen and oxygen atoms in total. The Labute approximate surface area is 175 Å². The van der Waals surface area contributed by atoms with Gasteiger partial charge in [-0.15, -0.1) is 0 Å². The van der Waals surface area contributed by atoms with Crippen molar-refractivity contribution < 1.29 is 4.79 Å². The van der Waals surface area contributed by atoms with E-state index in [1.165, 1.54) is 5.56 Å². The molecular formula is C24H23N5O. The SMILES string of the molecule is Cc1ccc(-n2nc(C(=O)NCc3ccc(-n4cccn4)cc3)c3c2CCC3)cc1. The zero-order valence-corrected chi connectivity index (χ0v) is 16.9. The molecule has 1 amide bonds. The maximum atomic E-state index is 12.9. The van der Waals surface area contributed by atoms with Crippen molar-refractivity contribution in [2.75, 3.05) is 0 Å². The first-order chi connectivity index (χ1) is 14.7. The number of carbonyl (C=O) groups is 1. The Balaban J connectivity index is 1.33. The molecule has 0 fully saturated rings. The van der Waals surface area contributed by atoms with E-state index in [-0.39, 0.29) is 5.91 Å². The van der Waals surface area contributed by atoms with E-state index in [1.54, 1.807) is 6.20 Å². The first kappa shape index (κ1) is 18.4. The van der Waals surface area contributed by atoms with Crippen LogP contribution >= 0.6 is 0 Å². The Morgan fingerprint density at radius 2 is 1.80 bits per heavy atom. The van der Waals surface area contributed by atoms with Crippen LogP contribution in [0, 0.1) is 6.92 Å². The van der Waals surface area contributed by atoms with E-state index in [4.69, 9.17) is 0 Å². The van der Waals surface area contributed by atoms with Crippen molar-refractivity contribution in [3.8, 4) is 11.4 Å². The minimum Gasteiger partial charge on any atom is -0.347 e. The summed E-state index contributed by atoms with van der Waals surface area (Å²) >= 11 is 0. The molecule has 0 radical (unpaired) electrons. The van der Waals surface area contributed by atoms with Gasteiger partial charge >= 0.3 is 0 Å². The molecule has 0 aliphatic heterocycles. The molecule has 0 unspecified atom stereocenters. The number of nitrogens with zero attached hydrogens (tertiary/aromatic N) is 4. The average Bonchev–Trinajstić information content (AvgIpc) is 3.51. The summed E-state index contributed by atoms with van der Waals surface area (Å²) in [4.78, 5) is 12.9. The molecule has 0 bridgehead atoms. The minimum absolute atomic E-state index is 0.116. The van der Waals surface area contributed by atoms with Crippen LogP contribution in [0.3, 0.4) is 0 Å². The molecule has 1 aliphatic rings. The normalized spacial score (nSPS) is 12.7. The number of amides is 1. The van der Waals surface area contributed by atoms with Crippen LogP contribution in [0.15, 0.2) is 67.0 Å². The number of aromatic nitrogens is 4. The number of hydrogen-bond donors (Lipinski definition) is 1. The lowest BCUT2D eigenvalue weighted by molar-refractivity contribution is 0.0944. The van der Waals surface area contributed by atoms with Crippen LogP contribution in [0.25, 0.3) is 11.4 Å². The van der Waals surface area contributed by atoms with E-state index in [0.717, 1.165) is 47.5 Å². The molecule has 5 rings (SSSR count). The summed E-state index contributed by atoms with van der Waals surface area (Å²) in [6, 6.07) is 18.2. The van der Waals surface area contributed by atoms with Crippen LogP contribution in [0.4, 0.5) is 0 Å². The third-order valence-corrected chi connectivity index (χ3v) is 5.58. The number of rotatable bonds is 5. The van der Waals surface area contributed by atoms with E-state index in [0.29, 0.717) is 12.2 Å². The molecule has 2 aromatic carbocycles. The summed E-state index contributed by atoms with van der Waals surface area (Å²) in [6.45, 7) is 2.53. The minimum atomic E-state index is -0.116. The number of hydrogen-bond acceptors (Lipinski definition) is 3. The molecule has 1 N–H and O–H groups in total. The molecule has 6 heteroatoms. The number of aryl methyl sites for hydroxylation is 1. The lowest BCUT2D eigenvalue weighted by atomic mass is 10.1. The molecule has 2 aromatic heterocycles. The number of carbonyl (C=O) groups excluding carboxylic acids is 1. The standard InChI is InChI=1S/C24H23N5O/c1-17-6-10-20(11-7-17)29-22-5-2-4-21(22)23(27-29)24(30)25-16-18-8-12-19(13-9-18)28-15-3-14-26-28/h3,6-15H,2,4-5,16H2,1H3,(H,25,30). The third kappa shape index (κ3) is 3.41. The number of benzene rings is 2. The van der Waals surface area contributed by atoms with Gasteiger partial charge in [-0.3, -0.25) is 4.79 Å². The van der Waals surface area contributed by atoms with E-state index in [2.05, 4.69) is 46.7 Å². The van der Waals surface area contributed by atoms with Gasteiger partial charge in [0.1, 0.15) is 0 Å². The van der Waals surface area contributed by atoms with Crippen LogP contribution in [0.2, 0.25) is 0 Å². The van der Waals surface area contributed by atoms with Gasteiger partial charge < -0.3 is 5.32 Å². The van der Waals surface area contributed by atoms with Gasteiger partial charge in [-0.1, -0.05) is 29.8 Å². The molecular weight excluding hydrogens is 374 g/mol. The summed E-state index contributed by atoms with van der Waals surface area (Å²) in [5, 5.41) is 12.0. The summed E-state index contributed by atoms with van der Waals surface area (Å²) in [5.74, 6) is -0.116. The quantitative estimate of drug-likeness (QED) is 0.557. The molecule has 150 valence electrons. The highest BCUT2D eigenvalue weighted by Gasteiger charge is 2.26. The van der Waals surface area contributed by atoms with Crippen molar-refractivity contribution in [3.63, 3.8) is 0 Å². The van der Waals surface area contributed by atoms with Gasteiger partial charge in [0.2, 0.25) is 0 Å². The van der Waals surface area contributed by atoms with Crippen molar-refractivity contribution in [2.45, 2.75) is 32.7 Å². The van der Waals surface area contributed by atoms with E-state index >= 15 is 0 Å². The largest absolute Gasteiger partial charge is 0.347 e. The van der Waals surface area contributed by atoms with E-state index in [1.807, 2.05) is 45.9 Å². The summed E-state index contributed by atoms with van der Waals surface area (Å²) in [5.41, 5.74) is 7.04. The van der Waals surface area contributed by atoms with Crippen LogP contribution < -0.4 is 5.32 Å². The van der Waals surface area contributed by atoms with Gasteiger partial charge in [-0.05, 0) is 62.1 Å². The van der Waals surface area contributed by atoms with Crippen molar-refractivity contribution in [1.29, 1.82) is 0 Å². The molecule has 0 atom stereocenters. The van der Waals surface area contributed by atoms with Crippen molar-refractivity contribution in [2.24, 2.45) is 0 Å². The van der Waals surface area contributed by atoms with Gasteiger partial charge in [-0.2, -0.15) is 10.2 Å². The number of nitrogens with one attached hydrogen (secondary N) is 1. The molecule has 0 spiro atoms. The second-order valence-electron chi connectivity index (χ2n) is 7.67. The van der Waals surface area contributed by atoms with Crippen LogP contribution in [0.5, 0.6) is 0 Å². The maximum Gasteiger partial charge on any atom is 0.272 e. The lowest BCUT2D eigenvalue weighted by Crippen LogP contribution is -2.24. The first-order valence-corrected chi connectivity index (χ1v) is 10.2. The molecule has 0 saturated carbocycles. The first-order valence-electron chi connectivity index (χ1n) is 10.2. The highest BCUT2D eigenvalue weighted by Crippen LogP contribution is 2.28. The zero-order valence-electron chi connectivity index (χ0n) is 16.9. The van der Waals surface area contributed by atoms with E-state index < -0.39 is 0 Å². The van der Waals surface area contributed by atoms with Crippen molar-refractivity contribution in [3.05, 3.63) is 95.1 Å². The lowest BCUT2D eigenvalue weighted by Gasteiger charge is -2.07. The Hall–Kier alpha value is -3.67. The fourth-order valence-electron chi connectivity index (χ4n) is 3.97. The number of fused-ring (bicyclic) bond motifs is 1. The van der Waals surface area contributed by atoms with Crippen LogP contribution in [-0.4, -0.2) is 25.5 Å². The molecule has 1 aliphatic carbocycles. The van der Waals surface area contributed by atoms with Crippen molar-refractivity contribution in [1.82, 2.24) is 24.9 Å². The topological polar surface area (TPSA) is 64.7 Å². The highest BCUT2D eigenvalue weighted by molar-refractivity contribution is 5.94. The molecule has 0 saturated heterocycles. The second kappa shape index (κ2) is 7.63. The van der Waals surface area contributed by atoms with Gasteiger partial charge in [0.05, 0.1) is 11.4 Å². The predicted octanol–water partition coefficient (Wildman–Crippen LogP) is 3.79. The van der Waals surface area contributed by atoms with Gasteiger partial charge in [-0.25, -0.2) is 9.36 Å². The van der Waals surface area contributed by atoms with Gasteiger partial charge in [0.15, 0.2) is 5.69 Å². The highest BCUT2D eigenvalue weighted by atomic mass is 16.1.